The standard InChI is InChI=1S/C34H39FN8O2/c1-20(2)26-19-37-43-31(26)40-34(42-16-14-24(45-5)15-17-42)41-33(43)36-18-27-21(3)8-6-10-25(27)28-13-12-23-9-7-11-29(30(23)38-28)39-32(44)22(4)35/h6-13,19-20,22,24H,14-18H2,1-5H3,(H,39,44)(H,36,40,41). The number of amides is 1. The largest absolute Gasteiger partial charge is 0.381 e. The van der Waals surface area contributed by atoms with Crippen LogP contribution in [0.3, 0.4) is 0 Å². The Bertz CT molecular complexity index is 1850. The summed E-state index contributed by atoms with van der Waals surface area (Å²) >= 11 is 0. The van der Waals surface area contributed by atoms with Crippen LogP contribution in [0.25, 0.3) is 27.8 Å². The summed E-state index contributed by atoms with van der Waals surface area (Å²) in [4.78, 5) is 29.3. The molecule has 1 amide bonds. The van der Waals surface area contributed by atoms with Crippen molar-refractivity contribution in [2.24, 2.45) is 0 Å². The van der Waals surface area contributed by atoms with Crippen molar-refractivity contribution in [2.45, 2.75) is 65.3 Å². The second-order valence-corrected chi connectivity index (χ2v) is 11.9. The Labute approximate surface area is 262 Å². The molecule has 1 aliphatic rings. The van der Waals surface area contributed by atoms with Gasteiger partial charge in [-0.25, -0.2) is 9.37 Å². The molecule has 6 rings (SSSR count). The number of nitrogens with zero attached hydrogens (tertiary/aromatic N) is 6. The molecule has 1 fully saturated rings. The van der Waals surface area contributed by atoms with E-state index in [4.69, 9.17) is 19.7 Å². The molecule has 3 aromatic heterocycles. The number of para-hydroxylation sites is 1. The minimum atomic E-state index is -1.63. The number of halogens is 1. The molecular formula is C34H39FN8O2. The van der Waals surface area contributed by atoms with Gasteiger partial charge in [-0.1, -0.05) is 50.2 Å². The van der Waals surface area contributed by atoms with Gasteiger partial charge in [0.25, 0.3) is 5.91 Å². The van der Waals surface area contributed by atoms with Crippen molar-refractivity contribution in [3.05, 3.63) is 71.4 Å². The van der Waals surface area contributed by atoms with Crippen molar-refractivity contribution in [3.8, 4) is 11.3 Å². The van der Waals surface area contributed by atoms with E-state index in [9.17, 15) is 9.18 Å². The van der Waals surface area contributed by atoms with Crippen molar-refractivity contribution >= 4 is 40.0 Å². The van der Waals surface area contributed by atoms with E-state index in [2.05, 4.69) is 47.5 Å². The number of nitrogens with one attached hydrogen (secondary N) is 2. The van der Waals surface area contributed by atoms with Gasteiger partial charge in [-0.15, -0.1) is 0 Å². The van der Waals surface area contributed by atoms with Crippen LogP contribution in [-0.4, -0.2) is 62.9 Å². The van der Waals surface area contributed by atoms with Gasteiger partial charge in [0.1, 0.15) is 0 Å². The molecule has 4 heterocycles. The molecule has 0 aliphatic carbocycles. The number of ether oxygens (including phenoxy) is 1. The van der Waals surface area contributed by atoms with Crippen LogP contribution in [-0.2, 0) is 16.1 Å². The maximum Gasteiger partial charge on any atom is 0.258 e. The third kappa shape index (κ3) is 6.17. The fourth-order valence-electron chi connectivity index (χ4n) is 5.81. The van der Waals surface area contributed by atoms with Gasteiger partial charge >= 0.3 is 0 Å². The number of rotatable bonds is 9. The highest BCUT2D eigenvalue weighted by Crippen LogP contribution is 2.31. The monoisotopic (exact) mass is 610 g/mol. The number of carbonyl (C=O) groups is 1. The lowest BCUT2D eigenvalue weighted by atomic mass is 9.98. The first kappa shape index (κ1) is 30.4. The van der Waals surface area contributed by atoms with Crippen molar-refractivity contribution < 1.29 is 13.9 Å². The molecular weight excluding hydrogens is 571 g/mol. The Kier molecular flexibility index (Phi) is 8.62. The molecule has 1 atom stereocenters. The average molecular weight is 611 g/mol. The first-order valence-corrected chi connectivity index (χ1v) is 15.4. The molecule has 0 radical (unpaired) electrons. The Morgan fingerprint density at radius 2 is 1.82 bits per heavy atom. The number of carbonyl (C=O) groups excluding carboxylic acids is 1. The van der Waals surface area contributed by atoms with Crippen LogP contribution in [0, 0.1) is 6.92 Å². The summed E-state index contributed by atoms with van der Waals surface area (Å²) in [7, 11) is 1.77. The van der Waals surface area contributed by atoms with E-state index >= 15 is 0 Å². The zero-order valence-electron chi connectivity index (χ0n) is 26.3. The van der Waals surface area contributed by atoms with Crippen molar-refractivity contribution in [1.82, 2.24) is 24.6 Å². The predicted molar refractivity (Wildman–Crippen MR) is 176 cm³/mol. The fraction of sp³-hybridized carbons (Fsp3) is 0.382. The second-order valence-electron chi connectivity index (χ2n) is 11.9. The van der Waals surface area contributed by atoms with Crippen LogP contribution in [0.15, 0.2) is 54.7 Å². The Balaban J connectivity index is 1.35. The molecule has 0 saturated carbocycles. The fourth-order valence-corrected chi connectivity index (χ4v) is 5.81. The van der Waals surface area contributed by atoms with Crippen LogP contribution >= 0.6 is 0 Å². The summed E-state index contributed by atoms with van der Waals surface area (Å²) in [6, 6.07) is 15.5. The Hall–Kier alpha value is -4.64. The molecule has 11 heteroatoms. The number of benzene rings is 2. The summed E-state index contributed by atoms with van der Waals surface area (Å²) in [5.41, 5.74) is 6.76. The molecule has 45 heavy (non-hydrogen) atoms. The summed E-state index contributed by atoms with van der Waals surface area (Å²) in [5.74, 6) is 0.845. The van der Waals surface area contributed by atoms with Crippen LogP contribution in [0.1, 0.15) is 56.2 Å². The highest BCUT2D eigenvalue weighted by atomic mass is 19.1. The molecule has 1 aliphatic heterocycles. The van der Waals surface area contributed by atoms with Crippen molar-refractivity contribution in [1.29, 1.82) is 0 Å². The van der Waals surface area contributed by atoms with Gasteiger partial charge in [-0.3, -0.25) is 4.79 Å². The van der Waals surface area contributed by atoms with Gasteiger partial charge in [-0.05, 0) is 55.9 Å². The normalized spacial score (nSPS) is 14.8. The summed E-state index contributed by atoms with van der Waals surface area (Å²) in [6.45, 7) is 9.68. The number of anilines is 3. The zero-order chi connectivity index (χ0) is 31.7. The molecule has 2 aromatic carbocycles. The van der Waals surface area contributed by atoms with Gasteiger partial charge in [0.15, 0.2) is 11.8 Å². The molecule has 1 saturated heterocycles. The molecule has 234 valence electrons. The van der Waals surface area contributed by atoms with E-state index in [0.717, 1.165) is 64.9 Å². The second kappa shape index (κ2) is 12.8. The molecule has 0 spiro atoms. The summed E-state index contributed by atoms with van der Waals surface area (Å²) in [5, 5.41) is 11.8. The smallest absolute Gasteiger partial charge is 0.258 e. The van der Waals surface area contributed by atoms with Gasteiger partial charge < -0.3 is 20.3 Å². The molecule has 0 bridgehead atoms. The number of hydrogen-bond acceptors (Lipinski definition) is 8. The zero-order valence-corrected chi connectivity index (χ0v) is 26.3. The maximum atomic E-state index is 13.7. The van der Waals surface area contributed by atoms with Crippen LogP contribution in [0.5, 0.6) is 0 Å². The third-order valence-electron chi connectivity index (χ3n) is 8.51. The Morgan fingerprint density at radius 3 is 2.56 bits per heavy atom. The number of methoxy groups -OCH3 is 1. The van der Waals surface area contributed by atoms with E-state index in [0.29, 0.717) is 29.6 Å². The van der Waals surface area contributed by atoms with Gasteiger partial charge in [0.05, 0.1) is 29.2 Å². The number of pyridine rings is 1. The van der Waals surface area contributed by atoms with E-state index in [1.807, 2.05) is 42.6 Å². The average Bonchev–Trinajstić information content (AvgIpc) is 3.49. The summed E-state index contributed by atoms with van der Waals surface area (Å²) in [6.07, 6.45) is 2.35. The van der Waals surface area contributed by atoms with Gasteiger partial charge in [-0.2, -0.15) is 19.6 Å². The lowest BCUT2D eigenvalue weighted by Crippen LogP contribution is -2.37. The third-order valence-corrected chi connectivity index (χ3v) is 8.51. The number of fused-ring (bicyclic) bond motifs is 2. The SMILES string of the molecule is COC1CCN(c2nc(NCc3c(C)cccc3-c3ccc4cccc(NC(=O)C(C)F)c4n3)n3ncc(C(C)C)c3n2)CC1. The van der Waals surface area contributed by atoms with Crippen LogP contribution < -0.4 is 15.5 Å². The topological polar surface area (TPSA) is 110 Å². The number of piperidine rings is 1. The molecule has 10 nitrogen and oxygen atoms in total. The molecule has 1 unspecified atom stereocenters. The van der Waals surface area contributed by atoms with E-state index < -0.39 is 12.1 Å². The first-order valence-electron chi connectivity index (χ1n) is 15.4. The summed E-state index contributed by atoms with van der Waals surface area (Å²) < 4.78 is 21.0. The van der Waals surface area contributed by atoms with Crippen LogP contribution in [0.4, 0.5) is 22.0 Å². The van der Waals surface area contributed by atoms with E-state index in [1.54, 1.807) is 17.7 Å². The predicted octanol–water partition coefficient (Wildman–Crippen LogP) is 6.30. The first-order chi connectivity index (χ1) is 21.7. The minimum absolute atomic E-state index is 0.252. The molecule has 5 aromatic rings. The highest BCUT2D eigenvalue weighted by Gasteiger charge is 2.24. The number of aromatic nitrogens is 5. The number of aryl methyl sites for hydroxylation is 1. The quantitative estimate of drug-likeness (QED) is 0.200. The van der Waals surface area contributed by atoms with Crippen LogP contribution in [0.2, 0.25) is 0 Å². The maximum absolute atomic E-state index is 13.7. The molecule has 2 N–H and O–H groups in total. The Morgan fingerprint density at radius 1 is 1.04 bits per heavy atom. The number of hydrogen-bond donors (Lipinski definition) is 2. The minimum Gasteiger partial charge on any atom is -0.381 e. The number of alkyl halides is 1. The highest BCUT2D eigenvalue weighted by molar-refractivity contribution is 6.02. The van der Waals surface area contributed by atoms with E-state index in [1.165, 1.54) is 6.92 Å². The van der Waals surface area contributed by atoms with Crippen molar-refractivity contribution in [2.75, 3.05) is 35.7 Å². The lowest BCUT2D eigenvalue weighted by molar-refractivity contribution is -0.120. The van der Waals surface area contributed by atoms with Crippen molar-refractivity contribution in [3.63, 3.8) is 0 Å². The lowest BCUT2D eigenvalue weighted by Gasteiger charge is -2.31. The van der Waals surface area contributed by atoms with E-state index in [-0.39, 0.29) is 12.0 Å². The van der Waals surface area contributed by atoms with Gasteiger partial charge in [0.2, 0.25) is 11.9 Å². The van der Waals surface area contributed by atoms with Gasteiger partial charge in [0, 0.05) is 43.3 Å².